The minimum Gasteiger partial charge on any atom is -0.480 e. The van der Waals surface area contributed by atoms with E-state index in [0.29, 0.717) is 19.4 Å². The van der Waals surface area contributed by atoms with Crippen molar-refractivity contribution < 1.29 is 24.3 Å². The van der Waals surface area contributed by atoms with Crippen LogP contribution >= 0.6 is 0 Å². The molecule has 0 bridgehead atoms. The SMILES string of the molecule is CC=CCC(=O)N[C@@H](Cc1ccccc1)C(=O)N[C@@H](C)C(=O)N1CCC[C@@H](C(=O)O)N1. The standard InChI is InChI=1S/C22H30N4O5/c1-3-4-12-19(27)24-18(14-16-9-6-5-7-10-16)20(28)23-15(2)21(29)26-13-8-11-17(25-26)22(30)31/h3-7,9-10,15,17-18,25H,8,11-14H2,1-2H3,(H,23,28)(H,24,27)(H,30,31)/t15-,17-,18-/m0/s1. The molecule has 9 heteroatoms. The van der Waals surface area contributed by atoms with E-state index in [4.69, 9.17) is 5.11 Å². The van der Waals surface area contributed by atoms with Crippen molar-refractivity contribution in [3.63, 3.8) is 0 Å². The van der Waals surface area contributed by atoms with Crippen molar-refractivity contribution in [2.75, 3.05) is 6.54 Å². The zero-order valence-corrected chi connectivity index (χ0v) is 17.8. The van der Waals surface area contributed by atoms with E-state index in [1.54, 1.807) is 19.1 Å². The van der Waals surface area contributed by atoms with Crippen molar-refractivity contribution in [1.82, 2.24) is 21.1 Å². The predicted octanol–water partition coefficient (Wildman–Crippen LogP) is 0.765. The van der Waals surface area contributed by atoms with Crippen molar-refractivity contribution in [2.45, 2.75) is 57.7 Å². The van der Waals surface area contributed by atoms with Crippen LogP contribution in [0.3, 0.4) is 0 Å². The maximum Gasteiger partial charge on any atom is 0.322 e. The topological polar surface area (TPSA) is 128 Å². The fourth-order valence-corrected chi connectivity index (χ4v) is 3.27. The largest absolute Gasteiger partial charge is 0.480 e. The first-order valence-electron chi connectivity index (χ1n) is 10.4. The van der Waals surface area contributed by atoms with Crippen LogP contribution in [0, 0.1) is 0 Å². The van der Waals surface area contributed by atoms with Crippen molar-refractivity contribution in [3.8, 4) is 0 Å². The number of rotatable bonds is 9. The van der Waals surface area contributed by atoms with E-state index >= 15 is 0 Å². The molecule has 1 saturated heterocycles. The highest BCUT2D eigenvalue weighted by Crippen LogP contribution is 2.09. The summed E-state index contributed by atoms with van der Waals surface area (Å²) >= 11 is 0. The number of allylic oxidation sites excluding steroid dienone is 1. The zero-order valence-electron chi connectivity index (χ0n) is 17.8. The molecule has 3 atom stereocenters. The Kier molecular flexibility index (Phi) is 9.20. The molecule has 1 aliphatic rings. The van der Waals surface area contributed by atoms with Gasteiger partial charge in [-0.2, -0.15) is 0 Å². The quantitative estimate of drug-likeness (QED) is 0.429. The number of hydrogen-bond donors (Lipinski definition) is 4. The van der Waals surface area contributed by atoms with Gasteiger partial charge in [0.05, 0.1) is 0 Å². The molecule has 0 spiro atoms. The maximum atomic E-state index is 12.9. The lowest BCUT2D eigenvalue weighted by Crippen LogP contribution is -2.60. The van der Waals surface area contributed by atoms with Gasteiger partial charge in [-0.05, 0) is 32.3 Å². The van der Waals surface area contributed by atoms with Gasteiger partial charge in [-0.15, -0.1) is 0 Å². The lowest BCUT2D eigenvalue weighted by Gasteiger charge is -2.33. The predicted molar refractivity (Wildman–Crippen MR) is 115 cm³/mol. The first-order chi connectivity index (χ1) is 14.8. The van der Waals surface area contributed by atoms with Gasteiger partial charge in [0.15, 0.2) is 0 Å². The molecule has 31 heavy (non-hydrogen) atoms. The average Bonchev–Trinajstić information content (AvgIpc) is 2.77. The number of aliphatic carboxylic acids is 1. The van der Waals surface area contributed by atoms with Crippen molar-refractivity contribution in [3.05, 3.63) is 48.0 Å². The number of amides is 3. The summed E-state index contributed by atoms with van der Waals surface area (Å²) in [5, 5.41) is 15.8. The molecule has 0 aromatic heterocycles. The van der Waals surface area contributed by atoms with Crippen molar-refractivity contribution in [1.29, 1.82) is 0 Å². The minimum atomic E-state index is -1.03. The number of nitrogens with zero attached hydrogens (tertiary/aromatic N) is 1. The number of carbonyl (C=O) groups excluding carboxylic acids is 3. The fraction of sp³-hybridized carbons (Fsp3) is 0.455. The Labute approximate surface area is 181 Å². The van der Waals surface area contributed by atoms with Crippen molar-refractivity contribution in [2.24, 2.45) is 0 Å². The number of carboxylic acids is 1. The molecule has 3 amide bonds. The van der Waals surface area contributed by atoms with E-state index < -0.39 is 35.9 Å². The van der Waals surface area contributed by atoms with E-state index in [9.17, 15) is 19.2 Å². The minimum absolute atomic E-state index is 0.151. The molecule has 1 heterocycles. The van der Waals surface area contributed by atoms with Crippen LogP contribution in [0.1, 0.15) is 38.7 Å². The number of benzene rings is 1. The normalized spacial score (nSPS) is 18.3. The third kappa shape index (κ3) is 7.53. The fourth-order valence-electron chi connectivity index (χ4n) is 3.27. The van der Waals surface area contributed by atoms with Gasteiger partial charge < -0.3 is 15.7 Å². The van der Waals surface area contributed by atoms with Gasteiger partial charge in [-0.25, -0.2) is 5.43 Å². The summed E-state index contributed by atoms with van der Waals surface area (Å²) in [6.45, 7) is 3.70. The molecular formula is C22H30N4O5. The lowest BCUT2D eigenvalue weighted by molar-refractivity contribution is -0.148. The van der Waals surface area contributed by atoms with Gasteiger partial charge in [-0.3, -0.25) is 24.2 Å². The number of carboxylic acid groups (broad SMARTS) is 1. The van der Waals surface area contributed by atoms with Crippen LogP contribution in [-0.4, -0.2) is 58.5 Å². The average molecular weight is 431 g/mol. The van der Waals surface area contributed by atoms with Crippen molar-refractivity contribution >= 4 is 23.7 Å². The van der Waals surface area contributed by atoms with Crippen LogP contribution in [0.15, 0.2) is 42.5 Å². The summed E-state index contributed by atoms with van der Waals surface area (Å²) in [7, 11) is 0. The summed E-state index contributed by atoms with van der Waals surface area (Å²) in [5.41, 5.74) is 3.56. The number of hydrogen-bond acceptors (Lipinski definition) is 5. The van der Waals surface area contributed by atoms with E-state index in [0.717, 1.165) is 5.56 Å². The lowest BCUT2D eigenvalue weighted by atomic mass is 10.0. The molecule has 0 aliphatic carbocycles. The first-order valence-corrected chi connectivity index (χ1v) is 10.4. The smallest absolute Gasteiger partial charge is 0.322 e. The Morgan fingerprint density at radius 2 is 1.94 bits per heavy atom. The summed E-state index contributed by atoms with van der Waals surface area (Å²) in [6.07, 6.45) is 4.85. The highest BCUT2D eigenvalue weighted by atomic mass is 16.4. The summed E-state index contributed by atoms with van der Waals surface area (Å²) in [4.78, 5) is 49.0. The number of carbonyl (C=O) groups is 4. The molecule has 1 aliphatic heterocycles. The Morgan fingerprint density at radius 1 is 1.23 bits per heavy atom. The summed E-state index contributed by atoms with van der Waals surface area (Å²) in [5.74, 6) is -2.24. The molecule has 4 N–H and O–H groups in total. The zero-order chi connectivity index (χ0) is 22.8. The van der Waals surface area contributed by atoms with E-state index in [-0.39, 0.29) is 18.7 Å². The molecule has 0 saturated carbocycles. The monoisotopic (exact) mass is 430 g/mol. The number of hydrazine groups is 1. The second kappa shape index (κ2) is 11.8. The Balaban J connectivity index is 2.03. The maximum absolute atomic E-state index is 12.9. The van der Waals surface area contributed by atoms with Gasteiger partial charge in [0.1, 0.15) is 18.1 Å². The first kappa shape index (κ1) is 24.1. The molecule has 9 nitrogen and oxygen atoms in total. The van der Waals surface area contributed by atoms with Gasteiger partial charge in [0.25, 0.3) is 5.91 Å². The third-order valence-corrected chi connectivity index (χ3v) is 4.95. The Bertz CT molecular complexity index is 811. The molecule has 1 aromatic carbocycles. The molecular weight excluding hydrogens is 400 g/mol. The van der Waals surface area contributed by atoms with E-state index in [1.807, 2.05) is 30.3 Å². The van der Waals surface area contributed by atoms with Gasteiger partial charge in [0.2, 0.25) is 11.8 Å². The summed E-state index contributed by atoms with van der Waals surface area (Å²) < 4.78 is 0. The summed E-state index contributed by atoms with van der Waals surface area (Å²) in [6, 6.07) is 6.69. The molecule has 168 valence electrons. The Morgan fingerprint density at radius 3 is 2.58 bits per heavy atom. The van der Waals surface area contributed by atoms with Crippen LogP contribution in [0.4, 0.5) is 0 Å². The Hall–Kier alpha value is -3.20. The van der Waals surface area contributed by atoms with Crippen LogP contribution in [0.5, 0.6) is 0 Å². The van der Waals surface area contributed by atoms with Gasteiger partial charge >= 0.3 is 5.97 Å². The molecule has 1 aromatic rings. The molecule has 1 fully saturated rings. The van der Waals surface area contributed by atoms with Crippen LogP contribution < -0.4 is 16.1 Å². The highest BCUT2D eigenvalue weighted by Gasteiger charge is 2.31. The van der Waals surface area contributed by atoms with E-state index in [2.05, 4.69) is 16.1 Å². The molecule has 2 rings (SSSR count). The second-order valence-corrected chi connectivity index (χ2v) is 7.47. The number of nitrogens with one attached hydrogen (secondary N) is 3. The highest BCUT2D eigenvalue weighted by molar-refractivity contribution is 5.92. The van der Waals surface area contributed by atoms with Gasteiger partial charge in [-0.1, -0.05) is 42.5 Å². The van der Waals surface area contributed by atoms with Crippen LogP contribution in [-0.2, 0) is 25.6 Å². The van der Waals surface area contributed by atoms with Crippen LogP contribution in [0.25, 0.3) is 0 Å². The second-order valence-electron chi connectivity index (χ2n) is 7.47. The van der Waals surface area contributed by atoms with Crippen LogP contribution in [0.2, 0.25) is 0 Å². The van der Waals surface area contributed by atoms with Gasteiger partial charge in [0, 0.05) is 19.4 Å². The molecule has 0 unspecified atom stereocenters. The molecule has 0 radical (unpaired) electrons. The van der Waals surface area contributed by atoms with E-state index in [1.165, 1.54) is 11.9 Å². The third-order valence-electron chi connectivity index (χ3n) is 4.95.